The number of benzene rings is 15. The molecule has 0 bridgehead atoms. The van der Waals surface area contributed by atoms with Crippen LogP contribution >= 0.6 is 11.6 Å². The Hall–Kier alpha value is -11.6. The van der Waals surface area contributed by atoms with Crippen molar-refractivity contribution in [3.63, 3.8) is 0 Å². The molecule has 0 saturated heterocycles. The summed E-state index contributed by atoms with van der Waals surface area (Å²) in [7, 11) is 0. The number of furan rings is 4. The first-order valence-electron chi connectivity index (χ1n) is 45.3. The third-order valence-corrected chi connectivity index (χ3v) is 26.1. The third kappa shape index (κ3) is 17.0. The summed E-state index contributed by atoms with van der Waals surface area (Å²) in [5.74, 6) is 1.38. The monoisotopic (exact) mass is 1610 g/mol. The van der Waals surface area contributed by atoms with Crippen molar-refractivity contribution in [2.24, 2.45) is 0 Å². The van der Waals surface area contributed by atoms with Gasteiger partial charge in [0.2, 0.25) is 0 Å². The molecule has 15 aromatic carbocycles. The van der Waals surface area contributed by atoms with E-state index in [1.165, 1.54) is 226 Å². The Balaban J connectivity index is 0.000000166. The second kappa shape index (κ2) is 37.1. The maximum Gasteiger partial charge on any atom is 0.137 e. The molecule has 2 atom stereocenters. The maximum absolute atomic E-state index is 13.8. The zero-order valence-corrected chi connectivity index (χ0v) is 71.4. The molecule has 610 valence electrons. The summed E-state index contributed by atoms with van der Waals surface area (Å²) in [5.41, 5.74) is 19.1. The molecule has 6 nitrogen and oxygen atoms in total. The van der Waals surface area contributed by atoms with E-state index in [1.807, 2.05) is 24.3 Å². The first kappa shape index (κ1) is 80.4. The predicted octanol–water partition coefficient (Wildman–Crippen LogP) is 36.7. The molecule has 0 N–H and O–H groups in total. The highest BCUT2D eigenvalue weighted by atomic mass is 35.5. The summed E-state index contributed by atoms with van der Waals surface area (Å²) in [5, 5.41) is 18.6. The highest BCUT2D eigenvalue weighted by Gasteiger charge is 2.26. The minimum absolute atomic E-state index is 0.246. The van der Waals surface area contributed by atoms with Crippen LogP contribution in [0.3, 0.4) is 0 Å². The molecule has 0 amide bonds. The molecule has 2 unspecified atom stereocenters. The van der Waals surface area contributed by atoms with E-state index < -0.39 is 0 Å². The van der Waals surface area contributed by atoms with E-state index in [9.17, 15) is 4.39 Å². The van der Waals surface area contributed by atoms with Gasteiger partial charge in [0.05, 0.1) is 11.4 Å². The van der Waals surface area contributed by atoms with Gasteiger partial charge in [-0.05, 0) is 219 Å². The zero-order valence-electron chi connectivity index (χ0n) is 70.7. The van der Waals surface area contributed by atoms with Crippen LogP contribution in [-0.4, -0.2) is 0 Å². The normalized spacial score (nSPS) is 12.5. The van der Waals surface area contributed by atoms with E-state index in [2.05, 4.69) is 280 Å². The van der Waals surface area contributed by atoms with E-state index in [4.69, 9.17) is 29.3 Å². The van der Waals surface area contributed by atoms with Crippen LogP contribution in [0.2, 0.25) is 0 Å². The molecule has 0 aliphatic carbocycles. The Morgan fingerprint density at radius 2 is 0.579 bits per heavy atom. The average molecular weight is 1610 g/mol. The Kier molecular flexibility index (Phi) is 24.7. The highest BCUT2D eigenvalue weighted by Crippen LogP contribution is 2.49. The number of anilines is 6. The lowest BCUT2D eigenvalue weighted by Crippen LogP contribution is -2.10. The van der Waals surface area contributed by atoms with Gasteiger partial charge in [-0.3, -0.25) is 0 Å². The number of fused-ring (bicyclic) bond motifs is 18. The zero-order chi connectivity index (χ0) is 82.1. The molecule has 4 heterocycles. The number of alkyl halides is 1. The average Bonchev–Trinajstić information content (AvgIpc) is 1.71. The lowest BCUT2D eigenvalue weighted by atomic mass is 9.87. The van der Waals surface area contributed by atoms with Gasteiger partial charge in [-0.1, -0.05) is 290 Å². The van der Waals surface area contributed by atoms with E-state index in [0.717, 1.165) is 133 Å². The van der Waals surface area contributed by atoms with Gasteiger partial charge in [0.25, 0.3) is 0 Å². The fourth-order valence-corrected chi connectivity index (χ4v) is 19.5. The molecule has 19 aromatic rings. The number of unbranched alkanes of at least 4 members (excludes halogenated alkanes) is 16. The molecular weight excluding hydrogens is 1500 g/mol. The first-order chi connectivity index (χ1) is 59.7. The van der Waals surface area contributed by atoms with Crippen LogP contribution < -0.4 is 9.80 Å². The lowest BCUT2D eigenvalue weighted by Gasteiger charge is -2.27. The molecule has 4 aromatic heterocycles. The van der Waals surface area contributed by atoms with Crippen molar-refractivity contribution in [1.29, 1.82) is 0 Å². The van der Waals surface area contributed by atoms with Gasteiger partial charge in [-0.25, -0.2) is 4.39 Å². The number of hydrogen-bond donors (Lipinski definition) is 0. The SMILES string of the molecule is CCCCCCCCC(CCCCCC)c1ccc2oc3cc(N(c4ccc5c(c4)oc4cc(-c6ccc(F)cc6)ccc45)c4cc5ccccc5c5ccccc45)ccc3c2c1.CCCCCCCCC(CCCCCC)c1ccc2oc3cc(N(c4ccc5c(c4)oc4ccc(CCl)cc45)c4cc5ccccc5c5ccccc45)ccc3c2c1. The molecule has 0 aliphatic heterocycles. The number of nitrogens with zero attached hydrogens (tertiary/aromatic N) is 2. The molecule has 0 spiro atoms. The largest absolute Gasteiger partial charge is 0.456 e. The highest BCUT2D eigenvalue weighted by molar-refractivity contribution is 6.19. The van der Waals surface area contributed by atoms with Gasteiger partial charge in [0.1, 0.15) is 50.5 Å². The van der Waals surface area contributed by atoms with Crippen molar-refractivity contribution in [1.82, 2.24) is 0 Å². The van der Waals surface area contributed by atoms with Crippen molar-refractivity contribution in [3.05, 3.63) is 302 Å². The minimum atomic E-state index is -0.246. The van der Waals surface area contributed by atoms with Crippen molar-refractivity contribution in [2.45, 2.75) is 200 Å². The van der Waals surface area contributed by atoms with Gasteiger partial charge >= 0.3 is 0 Å². The fourth-order valence-electron chi connectivity index (χ4n) is 19.3. The van der Waals surface area contributed by atoms with Crippen LogP contribution in [0.1, 0.15) is 210 Å². The molecule has 0 fully saturated rings. The van der Waals surface area contributed by atoms with Crippen LogP contribution in [0, 0.1) is 5.82 Å². The molecule has 8 heteroatoms. The maximum atomic E-state index is 13.8. The number of rotatable bonds is 34. The minimum Gasteiger partial charge on any atom is -0.456 e. The van der Waals surface area contributed by atoms with Crippen LogP contribution in [-0.2, 0) is 5.88 Å². The topological polar surface area (TPSA) is 59.0 Å². The summed E-state index contributed by atoms with van der Waals surface area (Å²) in [6.45, 7) is 9.19. The number of hydrogen-bond acceptors (Lipinski definition) is 6. The summed E-state index contributed by atoms with van der Waals surface area (Å²) < 4.78 is 40.4. The van der Waals surface area contributed by atoms with E-state index in [0.29, 0.717) is 17.7 Å². The van der Waals surface area contributed by atoms with E-state index in [-0.39, 0.29) is 5.82 Å². The first-order valence-corrected chi connectivity index (χ1v) is 45.8. The smallest absolute Gasteiger partial charge is 0.137 e. The Morgan fingerprint density at radius 3 is 0.992 bits per heavy atom. The lowest BCUT2D eigenvalue weighted by molar-refractivity contribution is 0.491. The Labute approximate surface area is 715 Å². The van der Waals surface area contributed by atoms with Gasteiger partial charge < -0.3 is 27.5 Å². The van der Waals surface area contributed by atoms with E-state index in [1.54, 1.807) is 0 Å². The fraction of sp³-hybridized carbons (Fsp3) is 0.274. The molecule has 121 heavy (non-hydrogen) atoms. The molecular formula is C113H110ClFN2O4. The molecule has 0 saturated carbocycles. The second-order valence-electron chi connectivity index (χ2n) is 34.0. The van der Waals surface area contributed by atoms with Gasteiger partial charge in [0, 0.05) is 107 Å². The van der Waals surface area contributed by atoms with Crippen molar-refractivity contribution in [2.75, 3.05) is 9.80 Å². The second-order valence-corrected chi connectivity index (χ2v) is 34.3. The summed E-state index contributed by atoms with van der Waals surface area (Å²) in [6.07, 6.45) is 31.4. The van der Waals surface area contributed by atoms with Crippen LogP contribution in [0.15, 0.2) is 297 Å². The quantitative estimate of drug-likeness (QED) is 0.0228. The summed E-state index contributed by atoms with van der Waals surface area (Å²) >= 11 is 6.24. The summed E-state index contributed by atoms with van der Waals surface area (Å²) in [6, 6.07) is 99.2. The molecule has 0 radical (unpaired) electrons. The predicted molar refractivity (Wildman–Crippen MR) is 515 cm³/mol. The van der Waals surface area contributed by atoms with Crippen molar-refractivity contribution in [3.8, 4) is 11.1 Å². The molecule has 0 aliphatic rings. The van der Waals surface area contributed by atoms with Crippen molar-refractivity contribution < 1.29 is 22.1 Å². The summed E-state index contributed by atoms with van der Waals surface area (Å²) in [4.78, 5) is 4.73. The Bertz CT molecular complexity index is 6860. The van der Waals surface area contributed by atoms with Crippen molar-refractivity contribution >= 4 is 177 Å². The van der Waals surface area contributed by atoms with Crippen LogP contribution in [0.5, 0.6) is 0 Å². The molecule has 19 rings (SSSR count). The Morgan fingerprint density at radius 1 is 0.256 bits per heavy atom. The van der Waals surface area contributed by atoms with Crippen LogP contribution in [0.4, 0.5) is 38.5 Å². The van der Waals surface area contributed by atoms with Gasteiger partial charge in [-0.15, -0.1) is 11.6 Å². The van der Waals surface area contributed by atoms with Gasteiger partial charge in [-0.2, -0.15) is 0 Å². The number of halogens is 2. The van der Waals surface area contributed by atoms with Gasteiger partial charge in [0.15, 0.2) is 0 Å². The van der Waals surface area contributed by atoms with Crippen LogP contribution in [0.25, 0.3) is 142 Å². The standard InChI is InChI=1S/C59H56FNO2.C54H54ClNO2/c1-3-5-7-9-10-12-18-40(17-11-8-6-4-2)42-26-34-56-54(35-42)53-33-30-47(39-59(53)62-56)61(55-36-44-19-13-14-20-48(44)49-21-15-16-22-50(49)55)46-29-32-52-51-31-25-43(37-57(51)63-58(52)38-46)41-23-27-45(60)28-24-41;1-3-5-7-9-10-12-18-38(17-11-8-6-4-2)39-24-30-52-49(32-39)47-28-26-42(35-54(47)58-52)56(50-33-40-19-13-14-20-43(40)44-21-15-16-22-45(44)50)41-25-27-46-48-31-37(36-55)23-29-51(48)57-53(46)34-41/h13-16,19-40H,3-12,17-18H2,1-2H3;13-16,19-35,38H,3-12,17-18,36H2,1-2H3. The third-order valence-electron chi connectivity index (χ3n) is 25.8. The van der Waals surface area contributed by atoms with E-state index >= 15 is 0 Å².